The number of benzene rings is 2. The van der Waals surface area contributed by atoms with Gasteiger partial charge in [-0.25, -0.2) is 0 Å². The normalized spacial score (nSPS) is 11.9. The van der Waals surface area contributed by atoms with E-state index >= 15 is 0 Å². The van der Waals surface area contributed by atoms with Crippen LogP contribution in [0.5, 0.6) is 17.2 Å². The van der Waals surface area contributed by atoms with Crippen LogP contribution in [0.25, 0.3) is 0 Å². The third-order valence-electron chi connectivity index (χ3n) is 3.80. The number of anilines is 3. The second-order valence-corrected chi connectivity index (χ2v) is 5.56. The highest BCUT2D eigenvalue weighted by molar-refractivity contribution is 5.56. The maximum Gasteiger partial charge on any atom is 0.249 e. The van der Waals surface area contributed by atoms with Crippen LogP contribution in [0, 0.1) is 0 Å². The summed E-state index contributed by atoms with van der Waals surface area (Å²) >= 11 is 0. The Morgan fingerprint density at radius 1 is 1.12 bits per heavy atom. The van der Waals surface area contributed by atoms with E-state index < -0.39 is 0 Å². The van der Waals surface area contributed by atoms with Gasteiger partial charge in [0, 0.05) is 18.3 Å². The number of hydrogen-bond acceptors (Lipinski definition) is 8. The third kappa shape index (κ3) is 3.59. The molecular weight excluding hydrogens is 334 g/mol. The average Bonchev–Trinajstić information content (AvgIpc) is 3.15. The molecule has 132 valence electrons. The molecular formula is C18H17N5O3. The van der Waals surface area contributed by atoms with Crippen LogP contribution in [0.4, 0.5) is 17.5 Å². The summed E-state index contributed by atoms with van der Waals surface area (Å²) in [5.41, 5.74) is 1.87. The van der Waals surface area contributed by atoms with Gasteiger partial charge in [0.05, 0.1) is 13.3 Å². The van der Waals surface area contributed by atoms with E-state index in [0.29, 0.717) is 18.3 Å². The van der Waals surface area contributed by atoms with Crippen molar-refractivity contribution < 1.29 is 14.2 Å². The monoisotopic (exact) mass is 351 g/mol. The standard InChI is InChI=1S/C18H17N5O3/c1-24-14-4-2-3-13(8-14)21-18-22-17(10-20-23-18)19-9-12-5-6-15-16(7-12)26-11-25-15/h2-8,10H,9,11H2,1H3,(H2,19,21,22,23). The van der Waals surface area contributed by atoms with Crippen LogP contribution >= 0.6 is 0 Å². The van der Waals surface area contributed by atoms with Crippen molar-refractivity contribution >= 4 is 17.5 Å². The molecule has 0 unspecified atom stereocenters. The second-order valence-electron chi connectivity index (χ2n) is 5.56. The maximum atomic E-state index is 5.39. The van der Waals surface area contributed by atoms with Crippen molar-refractivity contribution in [2.24, 2.45) is 0 Å². The van der Waals surface area contributed by atoms with E-state index in [0.717, 1.165) is 28.5 Å². The minimum Gasteiger partial charge on any atom is -0.497 e. The fourth-order valence-electron chi connectivity index (χ4n) is 2.52. The van der Waals surface area contributed by atoms with Crippen molar-refractivity contribution in [3.8, 4) is 17.2 Å². The molecule has 2 heterocycles. The van der Waals surface area contributed by atoms with Gasteiger partial charge in [-0.05, 0) is 29.8 Å². The number of aromatic nitrogens is 3. The molecule has 0 aliphatic carbocycles. The molecule has 4 rings (SSSR count). The Balaban J connectivity index is 1.42. The first-order chi connectivity index (χ1) is 12.8. The topological polar surface area (TPSA) is 90.4 Å². The zero-order chi connectivity index (χ0) is 17.8. The zero-order valence-electron chi connectivity index (χ0n) is 14.1. The summed E-state index contributed by atoms with van der Waals surface area (Å²) in [6.45, 7) is 0.843. The first-order valence-corrected chi connectivity index (χ1v) is 8.03. The Morgan fingerprint density at radius 2 is 2.04 bits per heavy atom. The molecule has 0 amide bonds. The van der Waals surface area contributed by atoms with Crippen molar-refractivity contribution in [1.29, 1.82) is 0 Å². The zero-order valence-corrected chi connectivity index (χ0v) is 14.1. The first kappa shape index (κ1) is 15.9. The van der Waals surface area contributed by atoms with Gasteiger partial charge in [-0.15, -0.1) is 5.10 Å². The average molecular weight is 351 g/mol. The molecule has 2 aromatic carbocycles. The number of ether oxygens (including phenoxy) is 3. The Bertz CT molecular complexity index is 919. The van der Waals surface area contributed by atoms with Gasteiger partial charge in [0.25, 0.3) is 0 Å². The molecule has 0 bridgehead atoms. The van der Waals surface area contributed by atoms with Crippen molar-refractivity contribution in [3.63, 3.8) is 0 Å². The van der Waals surface area contributed by atoms with Crippen molar-refractivity contribution in [2.75, 3.05) is 24.5 Å². The maximum absolute atomic E-state index is 5.39. The molecule has 0 saturated heterocycles. The predicted molar refractivity (Wildman–Crippen MR) is 96.0 cm³/mol. The quantitative estimate of drug-likeness (QED) is 0.700. The molecule has 8 heteroatoms. The van der Waals surface area contributed by atoms with E-state index in [-0.39, 0.29) is 6.79 Å². The van der Waals surface area contributed by atoms with Gasteiger partial charge in [0.15, 0.2) is 17.3 Å². The molecule has 26 heavy (non-hydrogen) atoms. The summed E-state index contributed by atoms with van der Waals surface area (Å²) in [7, 11) is 1.62. The van der Waals surface area contributed by atoms with Crippen LogP contribution < -0.4 is 24.8 Å². The fourth-order valence-corrected chi connectivity index (χ4v) is 2.52. The Hall–Kier alpha value is -3.55. The molecule has 0 saturated carbocycles. The molecule has 0 atom stereocenters. The number of nitrogens with zero attached hydrogens (tertiary/aromatic N) is 3. The molecule has 8 nitrogen and oxygen atoms in total. The highest BCUT2D eigenvalue weighted by Crippen LogP contribution is 2.32. The van der Waals surface area contributed by atoms with Crippen LogP contribution in [0.1, 0.15) is 5.56 Å². The van der Waals surface area contributed by atoms with E-state index in [2.05, 4.69) is 25.8 Å². The Morgan fingerprint density at radius 3 is 2.96 bits per heavy atom. The van der Waals surface area contributed by atoms with E-state index in [9.17, 15) is 0 Å². The number of fused-ring (bicyclic) bond motifs is 1. The van der Waals surface area contributed by atoms with Gasteiger partial charge in [-0.1, -0.05) is 12.1 Å². The van der Waals surface area contributed by atoms with Crippen molar-refractivity contribution in [2.45, 2.75) is 6.54 Å². The van der Waals surface area contributed by atoms with Crippen LogP contribution in [0.15, 0.2) is 48.7 Å². The second kappa shape index (κ2) is 7.14. The first-order valence-electron chi connectivity index (χ1n) is 8.03. The molecule has 2 N–H and O–H groups in total. The molecule has 1 aromatic heterocycles. The lowest BCUT2D eigenvalue weighted by Gasteiger charge is -2.09. The smallest absolute Gasteiger partial charge is 0.249 e. The van der Waals surface area contributed by atoms with Crippen molar-refractivity contribution in [3.05, 3.63) is 54.2 Å². The lowest BCUT2D eigenvalue weighted by molar-refractivity contribution is 0.174. The lowest BCUT2D eigenvalue weighted by Crippen LogP contribution is -2.05. The summed E-state index contributed by atoms with van der Waals surface area (Å²) in [5, 5.41) is 14.3. The number of hydrogen-bond donors (Lipinski definition) is 2. The fraction of sp³-hybridized carbons (Fsp3) is 0.167. The minimum absolute atomic E-state index is 0.265. The summed E-state index contributed by atoms with van der Waals surface area (Å²) in [6, 6.07) is 13.3. The van der Waals surface area contributed by atoms with Gasteiger partial charge in [-0.2, -0.15) is 10.1 Å². The number of nitrogens with one attached hydrogen (secondary N) is 2. The predicted octanol–water partition coefficient (Wildman–Crippen LogP) is 2.96. The number of rotatable bonds is 6. The van der Waals surface area contributed by atoms with Crippen LogP contribution in [0.2, 0.25) is 0 Å². The summed E-state index contributed by atoms with van der Waals surface area (Å²) in [4.78, 5) is 4.42. The van der Waals surface area contributed by atoms with E-state index in [4.69, 9.17) is 14.2 Å². The Labute approximate surface area is 150 Å². The molecule has 0 radical (unpaired) electrons. The van der Waals surface area contributed by atoms with E-state index in [1.54, 1.807) is 13.3 Å². The molecule has 0 spiro atoms. The van der Waals surface area contributed by atoms with Gasteiger partial charge >= 0.3 is 0 Å². The van der Waals surface area contributed by atoms with Crippen LogP contribution in [-0.2, 0) is 6.54 Å². The highest BCUT2D eigenvalue weighted by atomic mass is 16.7. The summed E-state index contributed by atoms with van der Waals surface area (Å²) in [5.74, 6) is 3.28. The van der Waals surface area contributed by atoms with Crippen LogP contribution in [-0.4, -0.2) is 29.1 Å². The minimum atomic E-state index is 0.265. The summed E-state index contributed by atoms with van der Waals surface area (Å²) < 4.78 is 15.9. The van der Waals surface area contributed by atoms with Gasteiger partial charge in [0.2, 0.25) is 12.7 Å². The highest BCUT2D eigenvalue weighted by Gasteiger charge is 2.13. The Kier molecular flexibility index (Phi) is 4.38. The molecule has 1 aliphatic heterocycles. The number of methoxy groups -OCH3 is 1. The largest absolute Gasteiger partial charge is 0.497 e. The van der Waals surface area contributed by atoms with Crippen LogP contribution in [0.3, 0.4) is 0 Å². The third-order valence-corrected chi connectivity index (χ3v) is 3.80. The SMILES string of the molecule is COc1cccc(Nc2nncc(NCc3ccc4c(c3)OCO4)n2)c1. The van der Waals surface area contributed by atoms with E-state index in [1.165, 1.54) is 0 Å². The molecule has 3 aromatic rings. The molecule has 0 fully saturated rings. The van der Waals surface area contributed by atoms with Crippen molar-refractivity contribution in [1.82, 2.24) is 15.2 Å². The van der Waals surface area contributed by atoms with Gasteiger partial charge in [0.1, 0.15) is 5.75 Å². The van der Waals surface area contributed by atoms with Gasteiger partial charge in [-0.3, -0.25) is 0 Å². The van der Waals surface area contributed by atoms with E-state index in [1.807, 2.05) is 42.5 Å². The lowest BCUT2D eigenvalue weighted by atomic mass is 10.2. The molecule has 1 aliphatic rings. The van der Waals surface area contributed by atoms with Gasteiger partial charge < -0.3 is 24.8 Å². The summed E-state index contributed by atoms with van der Waals surface area (Å²) in [6.07, 6.45) is 1.57.